The number of aliphatic imine (C=N–C) groups is 1. The monoisotopic (exact) mass is 495 g/mol. The molecule has 176 valence electrons. The molecule has 4 rings (SSSR count). The molecule has 1 aliphatic heterocycles. The molecule has 3 aromatic rings. The second-order valence-corrected chi connectivity index (χ2v) is 7.49. The first-order valence-electron chi connectivity index (χ1n) is 9.82. The van der Waals surface area contributed by atoms with Crippen LogP contribution in [0.15, 0.2) is 71.4 Å². The maximum atomic E-state index is 12.3. The molecule has 0 radical (unpaired) electrons. The average Bonchev–Trinajstić information content (AvgIpc) is 3.20. The lowest BCUT2D eigenvalue weighted by atomic mass is 10.1. The first-order valence-corrected chi connectivity index (χ1v) is 10.2. The van der Waals surface area contributed by atoms with Crippen molar-refractivity contribution in [2.45, 2.75) is 0 Å². The Hall–Kier alpha value is -4.77. The van der Waals surface area contributed by atoms with Crippen LogP contribution in [0.25, 0.3) is 6.08 Å². The Bertz CT molecular complexity index is 1420. The summed E-state index contributed by atoms with van der Waals surface area (Å²) in [6.45, 7) is 0. The second kappa shape index (κ2) is 9.61. The number of carbonyl (C=O) groups is 1. The third-order valence-electron chi connectivity index (χ3n) is 4.73. The molecule has 1 aliphatic rings. The zero-order valence-corrected chi connectivity index (χ0v) is 18.6. The van der Waals surface area contributed by atoms with Crippen LogP contribution in [0.1, 0.15) is 11.1 Å². The molecule has 0 unspecified atom stereocenters. The SMILES string of the molecule is COc1ccc(Oc2ccc(/C=C3/N=C(c4cc(Cl)cc([N+](=O)[O-])c4)OC3=O)cc2[N+](=O)[O-])cc1. The molecule has 0 fully saturated rings. The summed E-state index contributed by atoms with van der Waals surface area (Å²) in [4.78, 5) is 37.8. The number of nitro groups is 2. The van der Waals surface area contributed by atoms with E-state index in [1.54, 1.807) is 24.3 Å². The predicted octanol–water partition coefficient (Wildman–Crippen LogP) is 5.30. The summed E-state index contributed by atoms with van der Waals surface area (Å²) in [6, 6.07) is 14.3. The normalized spacial score (nSPS) is 13.8. The summed E-state index contributed by atoms with van der Waals surface area (Å²) in [5.74, 6) is -0.0507. The van der Waals surface area contributed by atoms with E-state index < -0.39 is 15.8 Å². The third-order valence-corrected chi connectivity index (χ3v) is 4.95. The Morgan fingerprint density at radius 3 is 2.34 bits per heavy atom. The molecule has 11 nitrogen and oxygen atoms in total. The number of benzene rings is 3. The summed E-state index contributed by atoms with van der Waals surface area (Å²) >= 11 is 5.91. The molecule has 12 heteroatoms. The summed E-state index contributed by atoms with van der Waals surface area (Å²) in [6.07, 6.45) is 1.29. The van der Waals surface area contributed by atoms with Crippen LogP contribution in [-0.4, -0.2) is 28.8 Å². The minimum atomic E-state index is -0.830. The van der Waals surface area contributed by atoms with Crippen molar-refractivity contribution in [3.05, 3.63) is 103 Å². The fraction of sp³-hybridized carbons (Fsp3) is 0.0435. The Labute approximate surface area is 202 Å². The van der Waals surface area contributed by atoms with Crippen LogP contribution in [0.5, 0.6) is 17.2 Å². The van der Waals surface area contributed by atoms with Gasteiger partial charge in [0.05, 0.1) is 17.0 Å². The molecule has 0 saturated carbocycles. The number of nitro benzene ring substituents is 2. The molecule has 0 aliphatic carbocycles. The molecular weight excluding hydrogens is 482 g/mol. The number of non-ortho nitro benzene ring substituents is 1. The Kier molecular flexibility index (Phi) is 6.42. The van der Waals surface area contributed by atoms with Crippen molar-refractivity contribution in [1.29, 1.82) is 0 Å². The Balaban J connectivity index is 1.64. The minimum Gasteiger partial charge on any atom is -0.497 e. The van der Waals surface area contributed by atoms with Gasteiger partial charge < -0.3 is 14.2 Å². The van der Waals surface area contributed by atoms with Crippen molar-refractivity contribution in [3.63, 3.8) is 0 Å². The van der Waals surface area contributed by atoms with E-state index >= 15 is 0 Å². The Morgan fingerprint density at radius 2 is 1.69 bits per heavy atom. The number of carbonyl (C=O) groups excluding carboxylic acids is 1. The van der Waals surface area contributed by atoms with Gasteiger partial charge in [-0.2, -0.15) is 0 Å². The fourth-order valence-electron chi connectivity index (χ4n) is 3.12. The molecule has 35 heavy (non-hydrogen) atoms. The summed E-state index contributed by atoms with van der Waals surface area (Å²) in [5.41, 5.74) is -0.369. The van der Waals surface area contributed by atoms with Gasteiger partial charge in [0.15, 0.2) is 5.70 Å². The topological polar surface area (TPSA) is 143 Å². The number of esters is 1. The van der Waals surface area contributed by atoms with E-state index in [0.29, 0.717) is 11.5 Å². The molecule has 0 aromatic heterocycles. The van der Waals surface area contributed by atoms with Crippen molar-refractivity contribution in [3.8, 4) is 17.2 Å². The van der Waals surface area contributed by atoms with E-state index in [9.17, 15) is 25.0 Å². The van der Waals surface area contributed by atoms with Gasteiger partial charge in [-0.05, 0) is 48.0 Å². The third kappa shape index (κ3) is 5.25. The van der Waals surface area contributed by atoms with Crippen molar-refractivity contribution in [1.82, 2.24) is 0 Å². The Morgan fingerprint density at radius 1 is 0.971 bits per heavy atom. The highest BCUT2D eigenvalue weighted by atomic mass is 35.5. The molecule has 0 N–H and O–H groups in total. The average molecular weight is 496 g/mol. The molecule has 1 heterocycles. The molecule has 0 amide bonds. The van der Waals surface area contributed by atoms with Crippen LogP contribution >= 0.6 is 11.6 Å². The van der Waals surface area contributed by atoms with E-state index in [1.807, 2.05) is 0 Å². The molecular formula is C23H14ClN3O8. The number of cyclic esters (lactones) is 1. The van der Waals surface area contributed by atoms with Gasteiger partial charge in [0.25, 0.3) is 5.69 Å². The lowest BCUT2D eigenvalue weighted by molar-refractivity contribution is -0.385. The first kappa shape index (κ1) is 23.4. The number of nitrogens with zero attached hydrogens (tertiary/aromatic N) is 3. The largest absolute Gasteiger partial charge is 0.497 e. The van der Waals surface area contributed by atoms with Crippen molar-refractivity contribution in [2.24, 2.45) is 4.99 Å². The standard InChI is InChI=1S/C23H14ClN3O8/c1-33-17-3-5-18(6-4-17)34-21-7-2-13(9-20(21)27(31)32)8-19-23(28)35-22(25-19)14-10-15(24)12-16(11-14)26(29)30/h2-12H,1H3/b19-8+. The van der Waals surface area contributed by atoms with Gasteiger partial charge in [-0.15, -0.1) is 0 Å². The second-order valence-electron chi connectivity index (χ2n) is 7.05. The van der Waals surface area contributed by atoms with Gasteiger partial charge in [-0.1, -0.05) is 17.7 Å². The highest BCUT2D eigenvalue weighted by Crippen LogP contribution is 2.34. The van der Waals surface area contributed by atoms with Gasteiger partial charge in [0, 0.05) is 28.8 Å². The van der Waals surface area contributed by atoms with Crippen LogP contribution in [0, 0.1) is 20.2 Å². The molecule has 0 atom stereocenters. The van der Waals surface area contributed by atoms with Crippen LogP contribution in [0.2, 0.25) is 5.02 Å². The van der Waals surface area contributed by atoms with E-state index in [4.69, 9.17) is 25.8 Å². The fourth-order valence-corrected chi connectivity index (χ4v) is 3.35. The summed E-state index contributed by atoms with van der Waals surface area (Å²) < 4.78 is 15.8. The number of halogens is 1. The summed E-state index contributed by atoms with van der Waals surface area (Å²) in [5, 5.41) is 22.7. The number of ether oxygens (including phenoxy) is 3. The lowest BCUT2D eigenvalue weighted by Crippen LogP contribution is -2.06. The highest BCUT2D eigenvalue weighted by Gasteiger charge is 2.26. The number of hydrogen-bond donors (Lipinski definition) is 0. The zero-order chi connectivity index (χ0) is 25.1. The first-order chi connectivity index (χ1) is 16.7. The zero-order valence-electron chi connectivity index (χ0n) is 17.8. The van der Waals surface area contributed by atoms with Crippen LogP contribution in [0.4, 0.5) is 11.4 Å². The van der Waals surface area contributed by atoms with Gasteiger partial charge in [0.1, 0.15) is 11.5 Å². The van der Waals surface area contributed by atoms with Crippen LogP contribution < -0.4 is 9.47 Å². The quantitative estimate of drug-likeness (QED) is 0.186. The molecule has 0 bridgehead atoms. The maximum Gasteiger partial charge on any atom is 0.363 e. The van der Waals surface area contributed by atoms with Crippen molar-refractivity contribution < 1.29 is 28.9 Å². The number of methoxy groups -OCH3 is 1. The van der Waals surface area contributed by atoms with Gasteiger partial charge in [0.2, 0.25) is 11.6 Å². The van der Waals surface area contributed by atoms with E-state index in [2.05, 4.69) is 4.99 Å². The summed E-state index contributed by atoms with van der Waals surface area (Å²) in [7, 11) is 1.51. The van der Waals surface area contributed by atoms with E-state index in [1.165, 1.54) is 37.5 Å². The van der Waals surface area contributed by atoms with Crippen LogP contribution in [-0.2, 0) is 9.53 Å². The minimum absolute atomic E-state index is 0.00765. The van der Waals surface area contributed by atoms with Gasteiger partial charge in [-0.25, -0.2) is 9.79 Å². The molecule has 3 aromatic carbocycles. The lowest BCUT2D eigenvalue weighted by Gasteiger charge is -2.08. The van der Waals surface area contributed by atoms with E-state index in [0.717, 1.165) is 12.1 Å². The smallest absolute Gasteiger partial charge is 0.363 e. The van der Waals surface area contributed by atoms with Crippen molar-refractivity contribution in [2.75, 3.05) is 7.11 Å². The van der Waals surface area contributed by atoms with Crippen LogP contribution in [0.3, 0.4) is 0 Å². The highest BCUT2D eigenvalue weighted by molar-refractivity contribution is 6.31. The maximum absolute atomic E-state index is 12.3. The van der Waals surface area contributed by atoms with Crippen molar-refractivity contribution >= 4 is 40.9 Å². The molecule has 0 spiro atoms. The van der Waals surface area contributed by atoms with Gasteiger partial charge >= 0.3 is 11.7 Å². The number of hydrogen-bond acceptors (Lipinski definition) is 9. The predicted molar refractivity (Wildman–Crippen MR) is 125 cm³/mol. The number of rotatable bonds is 7. The van der Waals surface area contributed by atoms with Gasteiger partial charge in [-0.3, -0.25) is 20.2 Å². The molecule has 0 saturated heterocycles. The van der Waals surface area contributed by atoms with E-state index in [-0.39, 0.29) is 44.9 Å².